The molecule has 10 nitrogen and oxygen atoms in total. The fourth-order valence-electron chi connectivity index (χ4n) is 1.45. The average Bonchev–Trinajstić information content (AvgIpc) is 2.87. The van der Waals surface area contributed by atoms with Gasteiger partial charge in [0, 0.05) is 12.3 Å². The molecule has 2 aromatic heterocycles. The Hall–Kier alpha value is -3.30. The van der Waals surface area contributed by atoms with E-state index in [1.54, 1.807) is 0 Å². The minimum absolute atomic E-state index is 0.0569. The highest BCUT2D eigenvalue weighted by atomic mass is 16.6. The number of carbonyl (C=O) groups is 2. The molecule has 0 spiro atoms. The minimum atomic E-state index is -1.41. The summed E-state index contributed by atoms with van der Waals surface area (Å²) in [6.45, 7) is 0. The van der Waals surface area contributed by atoms with Crippen LogP contribution in [0.25, 0.3) is 5.82 Å². The molecule has 10 heteroatoms. The highest BCUT2D eigenvalue weighted by Gasteiger charge is 2.19. The van der Waals surface area contributed by atoms with E-state index in [-0.39, 0.29) is 11.4 Å². The highest BCUT2D eigenvalue weighted by Crippen LogP contribution is 2.18. The highest BCUT2D eigenvalue weighted by molar-refractivity contribution is 5.93. The van der Waals surface area contributed by atoms with Crippen LogP contribution in [0, 0.1) is 10.1 Å². The van der Waals surface area contributed by atoms with Gasteiger partial charge in [-0.05, 0) is 0 Å². The molecule has 0 unspecified atom stereocenters. The molecule has 102 valence electrons. The van der Waals surface area contributed by atoms with E-state index in [1.165, 1.54) is 6.20 Å². The van der Waals surface area contributed by atoms with Crippen molar-refractivity contribution in [2.45, 2.75) is 0 Å². The van der Waals surface area contributed by atoms with E-state index < -0.39 is 28.1 Å². The van der Waals surface area contributed by atoms with Gasteiger partial charge in [0.05, 0.1) is 16.7 Å². The monoisotopic (exact) mass is 277 g/mol. The topological polar surface area (TPSA) is 154 Å². The maximum Gasteiger partial charge on any atom is 0.339 e. The standard InChI is InChI=1S/C10H7N5O5/c11-8(16)5-2-13-14(4-5)9-7(10(17)18)1-6(3-12-9)15(19)20/h1-4H,(H2,11,16)(H,17,18). The van der Waals surface area contributed by atoms with E-state index in [4.69, 9.17) is 10.8 Å². The summed E-state index contributed by atoms with van der Waals surface area (Å²) in [6.07, 6.45) is 3.22. The van der Waals surface area contributed by atoms with Crippen molar-refractivity contribution in [2.24, 2.45) is 5.73 Å². The van der Waals surface area contributed by atoms with Gasteiger partial charge in [0.2, 0.25) is 0 Å². The van der Waals surface area contributed by atoms with Crippen LogP contribution in [0.15, 0.2) is 24.7 Å². The number of pyridine rings is 1. The van der Waals surface area contributed by atoms with Crippen LogP contribution in [0.1, 0.15) is 20.7 Å². The molecule has 0 radical (unpaired) electrons. The van der Waals surface area contributed by atoms with Crippen LogP contribution >= 0.6 is 0 Å². The van der Waals surface area contributed by atoms with Gasteiger partial charge in [-0.1, -0.05) is 0 Å². The molecule has 2 aromatic rings. The number of nitrogens with two attached hydrogens (primary N) is 1. The predicted octanol–water partition coefficient (Wildman–Crippen LogP) is -0.0274. The Morgan fingerprint density at radius 2 is 2.10 bits per heavy atom. The Labute approximate surface area is 110 Å². The lowest BCUT2D eigenvalue weighted by atomic mass is 10.2. The van der Waals surface area contributed by atoms with Gasteiger partial charge >= 0.3 is 5.97 Å². The molecule has 0 fully saturated rings. The summed E-state index contributed by atoms with van der Waals surface area (Å²) < 4.78 is 1.01. The summed E-state index contributed by atoms with van der Waals surface area (Å²) in [5, 5.41) is 23.4. The van der Waals surface area contributed by atoms with Gasteiger partial charge in [0.25, 0.3) is 11.6 Å². The first-order valence-electron chi connectivity index (χ1n) is 5.12. The van der Waals surface area contributed by atoms with Crippen molar-refractivity contribution in [1.29, 1.82) is 0 Å². The number of rotatable bonds is 4. The van der Waals surface area contributed by atoms with Gasteiger partial charge in [0.1, 0.15) is 11.8 Å². The third-order valence-corrected chi connectivity index (χ3v) is 2.38. The van der Waals surface area contributed by atoms with E-state index in [0.717, 1.165) is 23.1 Å². The molecule has 0 saturated heterocycles. The summed E-state index contributed by atoms with van der Waals surface area (Å²) in [6, 6.07) is 0.857. The largest absolute Gasteiger partial charge is 0.478 e. The Morgan fingerprint density at radius 3 is 2.60 bits per heavy atom. The number of aromatic nitrogens is 3. The average molecular weight is 277 g/mol. The molecular weight excluding hydrogens is 270 g/mol. The summed E-state index contributed by atoms with van der Waals surface area (Å²) in [5.41, 5.74) is 4.22. The molecule has 0 aliphatic heterocycles. The number of carbonyl (C=O) groups excluding carboxylic acids is 1. The zero-order chi connectivity index (χ0) is 14.9. The normalized spacial score (nSPS) is 10.2. The summed E-state index contributed by atoms with van der Waals surface area (Å²) in [5.74, 6) is -2.31. The molecule has 0 aromatic carbocycles. The van der Waals surface area contributed by atoms with Crippen LogP contribution < -0.4 is 5.73 Å². The molecule has 2 rings (SSSR count). The van der Waals surface area contributed by atoms with E-state index in [9.17, 15) is 19.7 Å². The first kappa shape index (κ1) is 13.1. The lowest BCUT2D eigenvalue weighted by Gasteiger charge is -2.04. The van der Waals surface area contributed by atoms with Gasteiger partial charge in [-0.3, -0.25) is 14.9 Å². The minimum Gasteiger partial charge on any atom is -0.478 e. The zero-order valence-corrected chi connectivity index (χ0v) is 9.76. The van der Waals surface area contributed by atoms with Crippen molar-refractivity contribution < 1.29 is 19.6 Å². The van der Waals surface area contributed by atoms with E-state index in [2.05, 4.69) is 10.1 Å². The number of carboxylic acid groups (broad SMARTS) is 1. The number of nitro groups is 1. The van der Waals surface area contributed by atoms with Gasteiger partial charge in [-0.15, -0.1) is 0 Å². The molecule has 1 amide bonds. The van der Waals surface area contributed by atoms with Crippen LogP contribution in [0.5, 0.6) is 0 Å². The molecule has 0 aliphatic carbocycles. The summed E-state index contributed by atoms with van der Waals surface area (Å²) in [7, 11) is 0. The lowest BCUT2D eigenvalue weighted by Crippen LogP contribution is -2.11. The molecule has 0 aliphatic rings. The smallest absolute Gasteiger partial charge is 0.339 e. The second kappa shape index (κ2) is 4.76. The van der Waals surface area contributed by atoms with Crippen LogP contribution in [-0.4, -0.2) is 36.7 Å². The maximum atomic E-state index is 11.1. The van der Waals surface area contributed by atoms with Crippen molar-refractivity contribution >= 4 is 17.6 Å². The van der Waals surface area contributed by atoms with Gasteiger partial charge in [0.15, 0.2) is 5.82 Å². The second-order valence-corrected chi connectivity index (χ2v) is 3.66. The second-order valence-electron chi connectivity index (χ2n) is 3.66. The summed E-state index contributed by atoms with van der Waals surface area (Å²) >= 11 is 0. The number of amides is 1. The van der Waals surface area contributed by atoms with Crippen molar-refractivity contribution in [3.05, 3.63) is 45.9 Å². The number of hydrogen-bond acceptors (Lipinski definition) is 6. The molecule has 20 heavy (non-hydrogen) atoms. The lowest BCUT2D eigenvalue weighted by molar-refractivity contribution is -0.385. The van der Waals surface area contributed by atoms with Crippen molar-refractivity contribution in [3.8, 4) is 5.82 Å². The van der Waals surface area contributed by atoms with Crippen molar-refractivity contribution in [1.82, 2.24) is 14.8 Å². The van der Waals surface area contributed by atoms with Crippen molar-refractivity contribution in [2.75, 3.05) is 0 Å². The quantitative estimate of drug-likeness (QED) is 0.587. The number of primary amides is 1. The first-order chi connectivity index (χ1) is 9.40. The summed E-state index contributed by atoms with van der Waals surface area (Å²) in [4.78, 5) is 35.6. The predicted molar refractivity (Wildman–Crippen MR) is 63.5 cm³/mol. The molecule has 0 atom stereocenters. The van der Waals surface area contributed by atoms with E-state index >= 15 is 0 Å². The van der Waals surface area contributed by atoms with Gasteiger partial charge in [-0.25, -0.2) is 14.5 Å². The van der Waals surface area contributed by atoms with Crippen molar-refractivity contribution in [3.63, 3.8) is 0 Å². The number of nitrogens with zero attached hydrogens (tertiary/aromatic N) is 4. The van der Waals surface area contributed by atoms with Crippen LogP contribution in [0.4, 0.5) is 5.69 Å². The third-order valence-electron chi connectivity index (χ3n) is 2.38. The number of hydrogen-bond donors (Lipinski definition) is 2. The molecule has 2 heterocycles. The van der Waals surface area contributed by atoms with E-state index in [0.29, 0.717) is 0 Å². The Balaban J connectivity index is 2.57. The Morgan fingerprint density at radius 1 is 1.40 bits per heavy atom. The van der Waals surface area contributed by atoms with Crippen LogP contribution in [0.3, 0.4) is 0 Å². The van der Waals surface area contributed by atoms with Crippen LogP contribution in [-0.2, 0) is 0 Å². The Kier molecular flexibility index (Phi) is 3.13. The van der Waals surface area contributed by atoms with E-state index in [1.807, 2.05) is 0 Å². The fraction of sp³-hybridized carbons (Fsp3) is 0. The number of aromatic carboxylic acids is 1. The molecular formula is C10H7N5O5. The SMILES string of the molecule is NC(=O)c1cnn(-c2ncc([N+](=O)[O-])cc2C(=O)O)c1. The molecule has 3 N–H and O–H groups in total. The fourth-order valence-corrected chi connectivity index (χ4v) is 1.45. The third kappa shape index (κ3) is 2.29. The Bertz CT molecular complexity index is 723. The maximum absolute atomic E-state index is 11.1. The molecule has 0 bridgehead atoms. The first-order valence-corrected chi connectivity index (χ1v) is 5.12. The molecule has 0 saturated carbocycles. The van der Waals surface area contributed by atoms with Gasteiger partial charge in [-0.2, -0.15) is 5.10 Å². The van der Waals surface area contributed by atoms with Gasteiger partial charge < -0.3 is 10.8 Å². The number of carboxylic acids is 1. The zero-order valence-electron chi connectivity index (χ0n) is 9.76. The van der Waals surface area contributed by atoms with Crippen LogP contribution in [0.2, 0.25) is 0 Å².